The smallest absolute Gasteiger partial charge is 0.186 e. The number of hydrogen-bond donors (Lipinski definition) is 0. The van der Waals surface area contributed by atoms with Crippen molar-refractivity contribution in [3.05, 3.63) is 0 Å². The van der Waals surface area contributed by atoms with E-state index in [1.54, 1.807) is 0 Å². The molecular weight excluding hydrogens is 529 g/mol. The summed E-state index contributed by atoms with van der Waals surface area (Å²) in [7, 11) is -5.79. The van der Waals surface area contributed by atoms with Crippen LogP contribution in [0.3, 0.4) is 0 Å². The Kier molecular flexibility index (Phi) is 17.5. The molecule has 0 atom stereocenters. The van der Waals surface area contributed by atoms with Crippen molar-refractivity contribution >= 4 is 49.0 Å². The highest BCUT2D eigenvalue weighted by Crippen LogP contribution is 2.36. The van der Waals surface area contributed by atoms with Crippen molar-refractivity contribution in [3.8, 4) is 0 Å². The normalized spacial score (nSPS) is 13.7. The van der Waals surface area contributed by atoms with E-state index in [0.717, 1.165) is 25.2 Å². The third-order valence-electron chi connectivity index (χ3n) is 6.90. The highest BCUT2D eigenvalue weighted by Gasteiger charge is 2.34. The van der Waals surface area contributed by atoms with E-state index in [1.165, 1.54) is 68.0 Å². The van der Waals surface area contributed by atoms with Crippen molar-refractivity contribution in [3.63, 3.8) is 0 Å². The molecule has 0 aromatic heterocycles. The maximum Gasteiger partial charge on any atom is 0.186 e. The lowest BCUT2D eigenvalue weighted by atomic mass is 10.5. The Morgan fingerprint density at radius 3 is 1.00 bits per heavy atom. The van der Waals surface area contributed by atoms with E-state index in [0.29, 0.717) is 0 Å². The van der Waals surface area contributed by atoms with E-state index in [-0.39, 0.29) is 0 Å². The second-order valence-electron chi connectivity index (χ2n) is 11.4. The molecule has 0 spiro atoms. The minimum atomic E-state index is -1.49. The van der Waals surface area contributed by atoms with Gasteiger partial charge in [-0.2, -0.15) is 0 Å². The van der Waals surface area contributed by atoms with Gasteiger partial charge in [-0.15, -0.1) is 0 Å². The van der Waals surface area contributed by atoms with Crippen LogP contribution in [0.15, 0.2) is 0 Å². The van der Waals surface area contributed by atoms with Gasteiger partial charge in [0.2, 0.25) is 0 Å². The van der Waals surface area contributed by atoms with Gasteiger partial charge in [-0.05, 0) is 84.6 Å². The van der Waals surface area contributed by atoms with Gasteiger partial charge in [0.1, 0.15) is 0 Å². The molecule has 3 nitrogen and oxygen atoms in total. The predicted octanol–water partition coefficient (Wildman–Crippen LogP) is 9.12. The molecule has 0 aromatic carbocycles. The molecule has 0 saturated heterocycles. The lowest BCUT2D eigenvalue weighted by Crippen LogP contribution is -2.38. The number of rotatable bonds is 21. The number of hydrogen-bond acceptors (Lipinski definition) is 3. The van der Waals surface area contributed by atoms with Crippen LogP contribution in [0, 0.1) is 0 Å². The predicted molar refractivity (Wildman–Crippen MR) is 159 cm³/mol. The Hall–Kier alpha value is 1.23. The second kappa shape index (κ2) is 16.8. The van der Waals surface area contributed by atoms with Gasteiger partial charge >= 0.3 is 0 Å². The molecule has 0 amide bonds. The molecular formula is C24H57BrO3Si4. The number of halogens is 1. The van der Waals surface area contributed by atoms with E-state index in [4.69, 9.17) is 13.3 Å². The molecule has 0 heterocycles. The summed E-state index contributed by atoms with van der Waals surface area (Å²) >= 11 is 3.75. The first-order valence-electron chi connectivity index (χ1n) is 13.3. The van der Waals surface area contributed by atoms with Crippen LogP contribution in [0.1, 0.15) is 46.5 Å². The van der Waals surface area contributed by atoms with Gasteiger partial charge in [-0.3, -0.25) is 0 Å². The molecule has 0 saturated carbocycles. The minimum Gasteiger partial charge on any atom is -0.418 e. The molecule has 0 unspecified atom stereocenters. The fourth-order valence-electron chi connectivity index (χ4n) is 5.25. The van der Waals surface area contributed by atoms with Crippen LogP contribution < -0.4 is 0 Å². The topological polar surface area (TPSA) is 27.7 Å². The van der Waals surface area contributed by atoms with Crippen LogP contribution in [0.4, 0.5) is 0 Å². The summed E-state index contributed by atoms with van der Waals surface area (Å²) < 4.78 is 18.5. The van der Waals surface area contributed by atoms with Crippen molar-refractivity contribution < 1.29 is 13.3 Å². The van der Waals surface area contributed by atoms with Gasteiger partial charge in [-0.25, -0.2) is 0 Å². The molecule has 0 radical (unpaired) electrons. The van der Waals surface area contributed by atoms with E-state index >= 15 is 0 Å². The van der Waals surface area contributed by atoms with E-state index < -0.39 is 33.0 Å². The molecule has 194 valence electrons. The summed E-state index contributed by atoms with van der Waals surface area (Å²) in [5.74, 6) is 0. The zero-order valence-corrected chi connectivity index (χ0v) is 28.8. The maximum absolute atomic E-state index is 6.16. The lowest BCUT2D eigenvalue weighted by molar-refractivity contribution is 0.328. The standard InChI is InChI=1S/C24H57BrO3Si4/c1-10-26-29(4,5)18-14-22-32(21-13-17-25,23-15-19-30(6,7)27-11-2)24-16-20-31(8,9)28-12-3/h10-24H2,1-9H3. The van der Waals surface area contributed by atoms with Gasteiger partial charge in [0.05, 0.1) is 8.07 Å². The summed E-state index contributed by atoms with van der Waals surface area (Å²) in [5, 5.41) is 1.15. The van der Waals surface area contributed by atoms with Crippen molar-refractivity contribution in [2.24, 2.45) is 0 Å². The summed E-state index contributed by atoms with van der Waals surface area (Å²) in [4.78, 5) is 0. The van der Waals surface area contributed by atoms with Crippen LogP contribution in [-0.2, 0) is 13.3 Å². The molecule has 0 aliphatic rings. The van der Waals surface area contributed by atoms with Gasteiger partial charge < -0.3 is 13.3 Å². The first-order chi connectivity index (χ1) is 14.9. The van der Waals surface area contributed by atoms with Gasteiger partial charge in [0.25, 0.3) is 0 Å². The SMILES string of the molecule is CCO[Si](C)(C)CCC[Si](CCCBr)(CCC[Si](C)(C)OCC)CCC[Si](C)(C)OCC. The van der Waals surface area contributed by atoms with Crippen LogP contribution >= 0.6 is 15.9 Å². The van der Waals surface area contributed by atoms with Crippen molar-refractivity contribution in [2.75, 3.05) is 25.2 Å². The van der Waals surface area contributed by atoms with Crippen LogP contribution in [0.5, 0.6) is 0 Å². The fourth-order valence-corrected chi connectivity index (χ4v) is 18.2. The van der Waals surface area contributed by atoms with E-state index in [2.05, 4.69) is 76.0 Å². The second-order valence-corrected chi connectivity index (χ2v) is 30.1. The van der Waals surface area contributed by atoms with Gasteiger partial charge in [0, 0.05) is 25.2 Å². The molecule has 8 heteroatoms. The summed E-state index contributed by atoms with van der Waals surface area (Å²) in [5.41, 5.74) is 0. The molecule has 0 aliphatic carbocycles. The molecule has 32 heavy (non-hydrogen) atoms. The Bertz CT molecular complexity index is 416. The third kappa shape index (κ3) is 16.0. The average Bonchev–Trinajstić information content (AvgIpc) is 2.65. The largest absolute Gasteiger partial charge is 0.418 e. The summed E-state index contributed by atoms with van der Waals surface area (Å²) in [6.45, 7) is 23.5. The average molecular weight is 586 g/mol. The van der Waals surface area contributed by atoms with Crippen molar-refractivity contribution in [2.45, 2.75) is 128 Å². The molecule has 0 bridgehead atoms. The Morgan fingerprint density at radius 2 is 0.750 bits per heavy atom. The maximum atomic E-state index is 6.16. The Morgan fingerprint density at radius 1 is 0.469 bits per heavy atom. The third-order valence-corrected chi connectivity index (χ3v) is 21.0. The lowest BCUT2D eigenvalue weighted by Gasteiger charge is -2.35. The zero-order valence-electron chi connectivity index (χ0n) is 23.2. The van der Waals surface area contributed by atoms with Crippen molar-refractivity contribution in [1.82, 2.24) is 0 Å². The highest BCUT2D eigenvalue weighted by atomic mass is 79.9. The van der Waals surface area contributed by atoms with Gasteiger partial charge in [-0.1, -0.05) is 59.4 Å². The highest BCUT2D eigenvalue weighted by molar-refractivity contribution is 9.09. The van der Waals surface area contributed by atoms with Crippen molar-refractivity contribution in [1.29, 1.82) is 0 Å². The molecule has 0 fully saturated rings. The monoisotopic (exact) mass is 584 g/mol. The number of alkyl halides is 1. The zero-order chi connectivity index (χ0) is 24.7. The van der Waals surface area contributed by atoms with Crippen LogP contribution in [-0.4, -0.2) is 58.2 Å². The summed E-state index contributed by atoms with van der Waals surface area (Å²) in [6.07, 6.45) is 5.49. The van der Waals surface area contributed by atoms with Crippen LogP contribution in [0.25, 0.3) is 0 Å². The van der Waals surface area contributed by atoms with Gasteiger partial charge in [0.15, 0.2) is 25.0 Å². The van der Waals surface area contributed by atoms with E-state index in [1.807, 2.05) is 0 Å². The first kappa shape index (κ1) is 33.2. The first-order valence-corrected chi connectivity index (χ1v) is 26.6. The molecule has 0 aliphatic heterocycles. The fraction of sp³-hybridized carbons (Fsp3) is 1.00. The summed E-state index contributed by atoms with van der Waals surface area (Å²) in [6, 6.07) is 9.94. The molecule has 0 N–H and O–H groups in total. The molecule has 0 aromatic rings. The minimum absolute atomic E-state index is 0.875. The quantitative estimate of drug-likeness (QED) is 0.0993. The Balaban J connectivity index is 5.28. The van der Waals surface area contributed by atoms with E-state index in [9.17, 15) is 0 Å². The molecule has 0 rings (SSSR count). The Labute approximate surface area is 214 Å². The van der Waals surface area contributed by atoms with Crippen LogP contribution in [0.2, 0.25) is 81.6 Å².